The van der Waals surface area contributed by atoms with E-state index in [0.29, 0.717) is 0 Å². The Morgan fingerprint density at radius 2 is 2.04 bits per heavy atom. The zero-order valence-corrected chi connectivity index (χ0v) is 15.6. The van der Waals surface area contributed by atoms with E-state index in [1.165, 1.54) is 50.5 Å². The van der Waals surface area contributed by atoms with Gasteiger partial charge in [-0.25, -0.2) is 0 Å². The molecule has 2 rings (SSSR count). The predicted molar refractivity (Wildman–Crippen MR) is 102 cm³/mol. The summed E-state index contributed by atoms with van der Waals surface area (Å²) >= 11 is 0. The molecule has 23 heavy (non-hydrogen) atoms. The van der Waals surface area contributed by atoms with Crippen LogP contribution in [0.15, 0.2) is 23.8 Å². The van der Waals surface area contributed by atoms with Crippen LogP contribution in [0.4, 0.5) is 0 Å². The standard InChI is InChI=1S/C21H38N2/c1-4-5-6-8-17(2)11-12-22-13-14-23-21-18(3)15-19-9-7-10-20(21)16-19/h4-5,11,18-23H,6-10,12-16H2,1-3H3/b5-4-,17-11+. The quantitative estimate of drug-likeness (QED) is 0.476. The van der Waals surface area contributed by atoms with Gasteiger partial charge in [0.15, 0.2) is 0 Å². The third-order valence-corrected chi connectivity index (χ3v) is 5.87. The van der Waals surface area contributed by atoms with Gasteiger partial charge in [0.1, 0.15) is 0 Å². The molecule has 2 nitrogen and oxygen atoms in total. The first-order valence-electron chi connectivity index (χ1n) is 9.91. The van der Waals surface area contributed by atoms with Gasteiger partial charge in [0.2, 0.25) is 0 Å². The lowest BCUT2D eigenvalue weighted by Gasteiger charge is -2.44. The van der Waals surface area contributed by atoms with Crippen LogP contribution in [0.1, 0.15) is 65.7 Å². The van der Waals surface area contributed by atoms with Gasteiger partial charge in [-0.05, 0) is 63.7 Å². The van der Waals surface area contributed by atoms with E-state index in [2.05, 4.69) is 49.6 Å². The number of hydrogen-bond acceptors (Lipinski definition) is 2. The molecule has 0 saturated heterocycles. The molecule has 0 aromatic carbocycles. The summed E-state index contributed by atoms with van der Waals surface area (Å²) < 4.78 is 0. The fourth-order valence-corrected chi connectivity index (χ4v) is 4.63. The van der Waals surface area contributed by atoms with Crippen molar-refractivity contribution >= 4 is 0 Å². The minimum absolute atomic E-state index is 0.770. The average Bonchev–Trinajstić information content (AvgIpc) is 2.53. The zero-order chi connectivity index (χ0) is 16.5. The van der Waals surface area contributed by atoms with Crippen molar-refractivity contribution in [2.45, 2.75) is 71.8 Å². The lowest BCUT2D eigenvalue weighted by Crippen LogP contribution is -2.49. The summed E-state index contributed by atoms with van der Waals surface area (Å²) in [6.45, 7) is 10.0. The molecule has 0 aliphatic heterocycles. The third kappa shape index (κ3) is 6.43. The second-order valence-electron chi connectivity index (χ2n) is 7.85. The predicted octanol–water partition coefficient (Wildman–Crippen LogP) is 4.68. The van der Waals surface area contributed by atoms with Gasteiger partial charge in [-0.3, -0.25) is 0 Å². The summed E-state index contributed by atoms with van der Waals surface area (Å²) in [7, 11) is 0. The van der Waals surface area contributed by atoms with Crippen molar-refractivity contribution in [3.63, 3.8) is 0 Å². The molecule has 4 atom stereocenters. The molecule has 0 heterocycles. The smallest absolute Gasteiger partial charge is 0.0137 e. The second-order valence-corrected chi connectivity index (χ2v) is 7.85. The Morgan fingerprint density at radius 3 is 2.87 bits per heavy atom. The Labute approximate surface area is 144 Å². The molecule has 2 aliphatic carbocycles. The third-order valence-electron chi connectivity index (χ3n) is 5.87. The second kappa shape index (κ2) is 10.3. The van der Waals surface area contributed by atoms with E-state index in [0.717, 1.165) is 43.4 Å². The molecular formula is C21H38N2. The van der Waals surface area contributed by atoms with Gasteiger partial charge in [0, 0.05) is 25.7 Å². The van der Waals surface area contributed by atoms with Gasteiger partial charge in [-0.2, -0.15) is 0 Å². The summed E-state index contributed by atoms with van der Waals surface area (Å²) in [4.78, 5) is 0. The highest BCUT2D eigenvalue weighted by atomic mass is 15.0. The summed E-state index contributed by atoms with van der Waals surface area (Å²) in [6.07, 6.45) is 16.4. The number of fused-ring (bicyclic) bond motifs is 2. The zero-order valence-electron chi connectivity index (χ0n) is 15.6. The van der Waals surface area contributed by atoms with Gasteiger partial charge in [0.25, 0.3) is 0 Å². The Balaban J connectivity index is 1.57. The molecule has 0 aromatic heterocycles. The molecule has 2 bridgehead atoms. The molecule has 2 N–H and O–H groups in total. The molecule has 132 valence electrons. The van der Waals surface area contributed by atoms with Crippen LogP contribution in [0.2, 0.25) is 0 Å². The van der Waals surface area contributed by atoms with E-state index in [1.54, 1.807) is 0 Å². The molecule has 2 aliphatic rings. The number of allylic oxidation sites excluding steroid dienone is 3. The highest BCUT2D eigenvalue weighted by Gasteiger charge is 2.37. The number of hydrogen-bond donors (Lipinski definition) is 2. The van der Waals surface area contributed by atoms with Crippen LogP contribution in [0.25, 0.3) is 0 Å². The Morgan fingerprint density at radius 1 is 1.17 bits per heavy atom. The van der Waals surface area contributed by atoms with Gasteiger partial charge in [-0.15, -0.1) is 0 Å². The molecule has 0 aromatic rings. The van der Waals surface area contributed by atoms with Crippen molar-refractivity contribution in [2.24, 2.45) is 17.8 Å². The van der Waals surface area contributed by atoms with Crippen LogP contribution in [0.3, 0.4) is 0 Å². The largest absolute Gasteiger partial charge is 0.312 e. The lowest BCUT2D eigenvalue weighted by molar-refractivity contribution is 0.0976. The van der Waals surface area contributed by atoms with Crippen molar-refractivity contribution in [2.75, 3.05) is 19.6 Å². The van der Waals surface area contributed by atoms with Gasteiger partial charge < -0.3 is 10.6 Å². The summed E-state index contributed by atoms with van der Waals surface area (Å²) in [5.41, 5.74) is 1.50. The van der Waals surface area contributed by atoms with Gasteiger partial charge in [0.05, 0.1) is 0 Å². The Bertz CT molecular complexity index is 383. The minimum atomic E-state index is 0.770. The van der Waals surface area contributed by atoms with Crippen LogP contribution in [-0.4, -0.2) is 25.7 Å². The monoisotopic (exact) mass is 318 g/mol. The molecule has 4 unspecified atom stereocenters. The molecule has 0 radical (unpaired) electrons. The summed E-state index contributed by atoms with van der Waals surface area (Å²) in [6, 6.07) is 0.770. The molecule has 2 saturated carbocycles. The summed E-state index contributed by atoms with van der Waals surface area (Å²) in [5, 5.41) is 7.42. The molecule has 2 heteroatoms. The van der Waals surface area contributed by atoms with Crippen LogP contribution in [0.5, 0.6) is 0 Å². The molecular weight excluding hydrogens is 280 g/mol. The van der Waals surface area contributed by atoms with E-state index in [9.17, 15) is 0 Å². The normalized spacial score (nSPS) is 31.7. The molecule has 0 spiro atoms. The average molecular weight is 319 g/mol. The Kier molecular flexibility index (Phi) is 8.39. The maximum atomic E-state index is 3.86. The first-order chi connectivity index (χ1) is 11.2. The molecule has 2 fully saturated rings. The number of nitrogens with one attached hydrogen (secondary N) is 2. The first-order valence-corrected chi connectivity index (χ1v) is 9.91. The van der Waals surface area contributed by atoms with Crippen molar-refractivity contribution in [3.05, 3.63) is 23.8 Å². The van der Waals surface area contributed by atoms with Crippen LogP contribution in [0, 0.1) is 17.8 Å². The van der Waals surface area contributed by atoms with E-state index in [-0.39, 0.29) is 0 Å². The SMILES string of the molecule is C/C=C\CC/C(C)=C/CNCCNC1C(C)CC2CCCC1C2. The van der Waals surface area contributed by atoms with E-state index in [4.69, 9.17) is 0 Å². The van der Waals surface area contributed by atoms with Crippen molar-refractivity contribution in [1.82, 2.24) is 10.6 Å². The van der Waals surface area contributed by atoms with Crippen LogP contribution >= 0.6 is 0 Å². The lowest BCUT2D eigenvalue weighted by atomic mass is 9.66. The topological polar surface area (TPSA) is 24.1 Å². The minimum Gasteiger partial charge on any atom is -0.312 e. The fourth-order valence-electron chi connectivity index (χ4n) is 4.63. The van der Waals surface area contributed by atoms with Crippen molar-refractivity contribution < 1.29 is 0 Å². The van der Waals surface area contributed by atoms with Gasteiger partial charge >= 0.3 is 0 Å². The van der Waals surface area contributed by atoms with Crippen LogP contribution < -0.4 is 10.6 Å². The summed E-state index contributed by atoms with van der Waals surface area (Å²) in [5.74, 6) is 2.86. The van der Waals surface area contributed by atoms with Crippen LogP contribution in [-0.2, 0) is 0 Å². The fraction of sp³-hybridized carbons (Fsp3) is 0.810. The highest BCUT2D eigenvalue weighted by Crippen LogP contribution is 2.42. The van der Waals surface area contributed by atoms with E-state index >= 15 is 0 Å². The first kappa shape index (κ1) is 18.7. The molecule has 0 amide bonds. The van der Waals surface area contributed by atoms with Gasteiger partial charge in [-0.1, -0.05) is 43.6 Å². The number of rotatable bonds is 9. The van der Waals surface area contributed by atoms with Crippen molar-refractivity contribution in [1.29, 1.82) is 0 Å². The van der Waals surface area contributed by atoms with Crippen molar-refractivity contribution in [3.8, 4) is 0 Å². The highest BCUT2D eigenvalue weighted by molar-refractivity contribution is 5.00. The van der Waals surface area contributed by atoms with E-state index < -0.39 is 0 Å². The van der Waals surface area contributed by atoms with E-state index in [1.807, 2.05) is 0 Å². The maximum absolute atomic E-state index is 3.86. The Hall–Kier alpha value is -0.600. The maximum Gasteiger partial charge on any atom is 0.0137 e.